The van der Waals surface area contributed by atoms with Crippen LogP contribution in [-0.4, -0.2) is 18.5 Å². The normalized spacial score (nSPS) is 10.0. The van der Waals surface area contributed by atoms with Gasteiger partial charge in [0.25, 0.3) is 0 Å². The average Bonchev–Trinajstić information content (AvgIpc) is 2.58. The fourth-order valence-corrected chi connectivity index (χ4v) is 2.17. The number of esters is 1. The van der Waals surface area contributed by atoms with Gasteiger partial charge < -0.3 is 15.4 Å². The molecule has 2 N–H and O–H groups in total. The highest BCUT2D eigenvalue weighted by molar-refractivity contribution is 5.91. The molecule has 0 spiro atoms. The van der Waals surface area contributed by atoms with E-state index in [0.717, 1.165) is 17.1 Å². The molecule has 2 aromatic carbocycles. The second-order valence-electron chi connectivity index (χ2n) is 5.28. The van der Waals surface area contributed by atoms with Gasteiger partial charge in [-0.05, 0) is 49.7 Å². The summed E-state index contributed by atoms with van der Waals surface area (Å²) in [6.07, 6.45) is 1.04. The minimum absolute atomic E-state index is 0.108. The molecule has 0 aliphatic rings. The Morgan fingerprint density at radius 1 is 0.875 bits per heavy atom. The largest absolute Gasteiger partial charge is 0.466 e. The molecule has 0 saturated heterocycles. The zero-order chi connectivity index (χ0) is 17.2. The van der Waals surface area contributed by atoms with Crippen molar-refractivity contribution in [3.63, 3.8) is 0 Å². The monoisotopic (exact) mass is 326 g/mol. The van der Waals surface area contributed by atoms with Crippen LogP contribution in [0.15, 0.2) is 54.6 Å². The van der Waals surface area contributed by atoms with Crippen molar-refractivity contribution >= 4 is 28.9 Å². The molecular weight excluding hydrogens is 304 g/mol. The van der Waals surface area contributed by atoms with Crippen LogP contribution in [0.4, 0.5) is 17.1 Å². The highest BCUT2D eigenvalue weighted by Crippen LogP contribution is 2.18. The van der Waals surface area contributed by atoms with E-state index in [0.29, 0.717) is 19.4 Å². The SMILES string of the molecule is CCOC(=O)CCCC(=O)Nc1ccc(Nc2ccccc2)cc1. The Bertz CT molecular complexity index is 654. The third-order valence-corrected chi connectivity index (χ3v) is 3.32. The number of nitrogens with one attached hydrogen (secondary N) is 2. The van der Waals surface area contributed by atoms with Gasteiger partial charge >= 0.3 is 5.97 Å². The fraction of sp³-hybridized carbons (Fsp3) is 0.263. The van der Waals surface area contributed by atoms with Crippen molar-refractivity contribution < 1.29 is 14.3 Å². The predicted octanol–water partition coefficient (Wildman–Crippen LogP) is 4.10. The van der Waals surface area contributed by atoms with Gasteiger partial charge in [0.2, 0.25) is 5.91 Å². The molecule has 0 aromatic heterocycles. The molecule has 1 amide bonds. The van der Waals surface area contributed by atoms with E-state index in [4.69, 9.17) is 4.74 Å². The number of anilines is 3. The van der Waals surface area contributed by atoms with Crippen molar-refractivity contribution in [1.82, 2.24) is 0 Å². The smallest absolute Gasteiger partial charge is 0.305 e. The lowest BCUT2D eigenvalue weighted by Gasteiger charge is -2.08. The van der Waals surface area contributed by atoms with Crippen molar-refractivity contribution in [2.45, 2.75) is 26.2 Å². The number of hydrogen-bond donors (Lipinski definition) is 2. The Labute approximate surface area is 142 Å². The second-order valence-corrected chi connectivity index (χ2v) is 5.28. The van der Waals surface area contributed by atoms with Gasteiger partial charge in [0, 0.05) is 29.9 Å². The first-order chi connectivity index (χ1) is 11.7. The van der Waals surface area contributed by atoms with E-state index in [-0.39, 0.29) is 18.3 Å². The molecule has 2 aromatic rings. The predicted molar refractivity (Wildman–Crippen MR) is 95.3 cm³/mol. The van der Waals surface area contributed by atoms with E-state index in [2.05, 4.69) is 10.6 Å². The van der Waals surface area contributed by atoms with Gasteiger partial charge in [0.05, 0.1) is 6.61 Å². The van der Waals surface area contributed by atoms with E-state index >= 15 is 0 Å². The minimum atomic E-state index is -0.262. The number of rotatable bonds is 8. The van der Waals surface area contributed by atoms with Gasteiger partial charge in [-0.25, -0.2) is 0 Å². The number of amides is 1. The summed E-state index contributed by atoms with van der Waals surface area (Å²) < 4.78 is 4.83. The lowest BCUT2D eigenvalue weighted by molar-refractivity contribution is -0.143. The van der Waals surface area contributed by atoms with Crippen LogP contribution in [0, 0.1) is 0 Å². The minimum Gasteiger partial charge on any atom is -0.466 e. The van der Waals surface area contributed by atoms with Crippen LogP contribution < -0.4 is 10.6 Å². The highest BCUT2D eigenvalue weighted by Gasteiger charge is 2.06. The molecule has 2 rings (SSSR count). The zero-order valence-electron chi connectivity index (χ0n) is 13.7. The Morgan fingerprint density at radius 2 is 1.50 bits per heavy atom. The summed E-state index contributed by atoms with van der Waals surface area (Å²) in [7, 11) is 0. The molecule has 0 aliphatic carbocycles. The third-order valence-electron chi connectivity index (χ3n) is 3.32. The summed E-state index contributed by atoms with van der Waals surface area (Å²) in [6.45, 7) is 2.13. The van der Waals surface area contributed by atoms with Crippen molar-refractivity contribution in [2.24, 2.45) is 0 Å². The van der Waals surface area contributed by atoms with Gasteiger partial charge in [-0.1, -0.05) is 18.2 Å². The number of ether oxygens (including phenoxy) is 1. The molecule has 0 heterocycles. The van der Waals surface area contributed by atoms with Crippen LogP contribution in [0.3, 0.4) is 0 Å². The van der Waals surface area contributed by atoms with E-state index < -0.39 is 0 Å². The summed E-state index contributed by atoms with van der Waals surface area (Å²) in [5.41, 5.74) is 2.68. The molecule has 0 atom stereocenters. The molecule has 126 valence electrons. The van der Waals surface area contributed by atoms with E-state index in [1.54, 1.807) is 6.92 Å². The number of benzene rings is 2. The van der Waals surface area contributed by atoms with E-state index in [1.165, 1.54) is 0 Å². The van der Waals surface area contributed by atoms with Crippen molar-refractivity contribution in [1.29, 1.82) is 0 Å². The first-order valence-corrected chi connectivity index (χ1v) is 8.05. The van der Waals surface area contributed by atoms with E-state index in [9.17, 15) is 9.59 Å². The topological polar surface area (TPSA) is 67.4 Å². The molecule has 0 unspecified atom stereocenters. The number of carbonyl (C=O) groups is 2. The van der Waals surface area contributed by atoms with Crippen molar-refractivity contribution in [3.8, 4) is 0 Å². The molecular formula is C19H22N2O3. The number of para-hydroxylation sites is 1. The quantitative estimate of drug-likeness (QED) is 0.717. The van der Waals surface area contributed by atoms with Crippen LogP contribution in [-0.2, 0) is 14.3 Å². The summed E-state index contributed by atoms with van der Waals surface area (Å²) in [5, 5.41) is 6.10. The van der Waals surface area contributed by atoms with Crippen LogP contribution in [0.2, 0.25) is 0 Å². The highest BCUT2D eigenvalue weighted by atomic mass is 16.5. The first-order valence-electron chi connectivity index (χ1n) is 8.05. The summed E-state index contributed by atoms with van der Waals surface area (Å²) in [6, 6.07) is 17.4. The first kappa shape index (κ1) is 17.5. The van der Waals surface area contributed by atoms with Gasteiger partial charge in [-0.15, -0.1) is 0 Å². The zero-order valence-corrected chi connectivity index (χ0v) is 13.7. The molecule has 0 fully saturated rings. The van der Waals surface area contributed by atoms with Crippen LogP contribution in [0.1, 0.15) is 26.2 Å². The van der Waals surface area contributed by atoms with Crippen molar-refractivity contribution in [2.75, 3.05) is 17.2 Å². The maximum absolute atomic E-state index is 11.8. The standard InChI is InChI=1S/C19H22N2O3/c1-2-24-19(23)10-6-9-18(22)21-17-13-11-16(12-14-17)20-15-7-4-3-5-8-15/h3-5,7-8,11-14,20H,2,6,9-10H2,1H3,(H,21,22). The maximum atomic E-state index is 11.8. The average molecular weight is 326 g/mol. The molecule has 0 radical (unpaired) electrons. The van der Waals surface area contributed by atoms with Gasteiger partial charge in [-0.2, -0.15) is 0 Å². The maximum Gasteiger partial charge on any atom is 0.305 e. The summed E-state index contributed by atoms with van der Waals surface area (Å²) in [4.78, 5) is 23.1. The number of hydrogen-bond acceptors (Lipinski definition) is 4. The molecule has 5 nitrogen and oxygen atoms in total. The van der Waals surface area contributed by atoms with Crippen molar-refractivity contribution in [3.05, 3.63) is 54.6 Å². The lowest BCUT2D eigenvalue weighted by Crippen LogP contribution is -2.12. The van der Waals surface area contributed by atoms with E-state index in [1.807, 2.05) is 54.6 Å². The Morgan fingerprint density at radius 3 is 2.17 bits per heavy atom. The summed E-state index contributed by atoms with van der Waals surface area (Å²) in [5.74, 6) is -0.371. The lowest BCUT2D eigenvalue weighted by atomic mass is 10.2. The van der Waals surface area contributed by atoms with Gasteiger partial charge in [-0.3, -0.25) is 9.59 Å². The second kappa shape index (κ2) is 9.35. The fourth-order valence-electron chi connectivity index (χ4n) is 2.17. The molecule has 24 heavy (non-hydrogen) atoms. The van der Waals surface area contributed by atoms with Gasteiger partial charge in [0.15, 0.2) is 0 Å². The Hall–Kier alpha value is -2.82. The molecule has 5 heteroatoms. The molecule has 0 aliphatic heterocycles. The Kier molecular flexibility index (Phi) is 6.83. The van der Waals surface area contributed by atoms with Crippen LogP contribution >= 0.6 is 0 Å². The van der Waals surface area contributed by atoms with Crippen LogP contribution in [0.25, 0.3) is 0 Å². The van der Waals surface area contributed by atoms with Crippen LogP contribution in [0.5, 0.6) is 0 Å². The Balaban J connectivity index is 1.76. The van der Waals surface area contributed by atoms with Gasteiger partial charge in [0.1, 0.15) is 0 Å². The number of carbonyl (C=O) groups excluding carboxylic acids is 2. The summed E-state index contributed by atoms with van der Waals surface area (Å²) >= 11 is 0. The molecule has 0 saturated carbocycles. The molecule has 0 bridgehead atoms. The third kappa shape index (κ3) is 6.12.